The maximum absolute atomic E-state index is 12.5. The second-order valence-corrected chi connectivity index (χ2v) is 8.42. The van der Waals surface area contributed by atoms with Crippen LogP contribution < -0.4 is 5.32 Å². The van der Waals surface area contributed by atoms with Gasteiger partial charge in [0.25, 0.3) is 0 Å². The lowest BCUT2D eigenvalue weighted by Crippen LogP contribution is -2.37. The SMILES string of the molecule is O=C(Nc1cccc(Cl)c1)C1CCN(Cc2nc(-c3ccc(Br)cc3)no2)CC1. The van der Waals surface area contributed by atoms with Crippen molar-refractivity contribution in [3.05, 3.63) is 63.9 Å². The van der Waals surface area contributed by atoms with Crippen LogP contribution in [-0.4, -0.2) is 34.0 Å². The molecule has 1 N–H and O–H groups in total. The number of benzene rings is 2. The van der Waals surface area contributed by atoms with E-state index < -0.39 is 0 Å². The molecular formula is C21H20BrClN4O2. The number of likely N-dealkylation sites (tertiary alicyclic amines) is 1. The molecule has 0 bridgehead atoms. The molecule has 8 heteroatoms. The molecule has 0 saturated carbocycles. The first-order valence-electron chi connectivity index (χ1n) is 9.44. The third-order valence-corrected chi connectivity index (χ3v) is 5.74. The molecule has 3 aromatic rings. The van der Waals surface area contributed by atoms with Crippen LogP contribution >= 0.6 is 27.5 Å². The van der Waals surface area contributed by atoms with Crippen molar-refractivity contribution in [1.29, 1.82) is 0 Å². The van der Waals surface area contributed by atoms with E-state index in [9.17, 15) is 4.79 Å². The molecule has 0 atom stereocenters. The number of anilines is 1. The van der Waals surface area contributed by atoms with Crippen molar-refractivity contribution >= 4 is 39.1 Å². The molecule has 1 amide bonds. The zero-order chi connectivity index (χ0) is 20.2. The number of hydrogen-bond donors (Lipinski definition) is 1. The van der Waals surface area contributed by atoms with Crippen LogP contribution in [0, 0.1) is 5.92 Å². The Bertz CT molecular complexity index is 984. The number of amides is 1. The highest BCUT2D eigenvalue weighted by Gasteiger charge is 2.26. The van der Waals surface area contributed by atoms with Crippen molar-refractivity contribution in [2.24, 2.45) is 5.92 Å². The number of nitrogens with one attached hydrogen (secondary N) is 1. The smallest absolute Gasteiger partial charge is 0.241 e. The van der Waals surface area contributed by atoms with Gasteiger partial charge in [-0.15, -0.1) is 0 Å². The fourth-order valence-electron chi connectivity index (χ4n) is 3.39. The van der Waals surface area contributed by atoms with Crippen LogP contribution in [0.2, 0.25) is 5.02 Å². The molecule has 29 heavy (non-hydrogen) atoms. The molecule has 0 aliphatic carbocycles. The third kappa shape index (κ3) is 5.23. The molecule has 1 aromatic heterocycles. The molecule has 0 unspecified atom stereocenters. The number of aromatic nitrogens is 2. The van der Waals surface area contributed by atoms with Crippen molar-refractivity contribution < 1.29 is 9.32 Å². The summed E-state index contributed by atoms with van der Waals surface area (Å²) < 4.78 is 6.42. The van der Waals surface area contributed by atoms with E-state index in [1.165, 1.54) is 0 Å². The third-order valence-electron chi connectivity index (χ3n) is 4.98. The predicted molar refractivity (Wildman–Crippen MR) is 116 cm³/mol. The van der Waals surface area contributed by atoms with Crippen molar-refractivity contribution in [3.63, 3.8) is 0 Å². The van der Waals surface area contributed by atoms with E-state index in [2.05, 4.69) is 36.3 Å². The first kappa shape index (κ1) is 20.1. The van der Waals surface area contributed by atoms with Crippen LogP contribution in [0.4, 0.5) is 5.69 Å². The molecule has 1 saturated heterocycles. The maximum Gasteiger partial charge on any atom is 0.241 e. The fraction of sp³-hybridized carbons (Fsp3) is 0.286. The van der Waals surface area contributed by atoms with Gasteiger partial charge in [0, 0.05) is 26.7 Å². The number of nitrogens with zero attached hydrogens (tertiary/aromatic N) is 3. The van der Waals surface area contributed by atoms with E-state index in [0.29, 0.717) is 23.3 Å². The number of carbonyl (C=O) groups excluding carboxylic acids is 1. The summed E-state index contributed by atoms with van der Waals surface area (Å²) in [7, 11) is 0. The number of piperidine rings is 1. The van der Waals surface area contributed by atoms with Gasteiger partial charge in [0.15, 0.2) is 0 Å². The van der Waals surface area contributed by atoms with Crippen LogP contribution in [0.3, 0.4) is 0 Å². The topological polar surface area (TPSA) is 71.3 Å². The first-order chi connectivity index (χ1) is 14.1. The summed E-state index contributed by atoms with van der Waals surface area (Å²) >= 11 is 9.40. The molecule has 1 fully saturated rings. The molecule has 1 aliphatic heterocycles. The quantitative estimate of drug-likeness (QED) is 0.562. The zero-order valence-corrected chi connectivity index (χ0v) is 18.0. The van der Waals surface area contributed by atoms with Crippen molar-refractivity contribution in [1.82, 2.24) is 15.0 Å². The molecule has 2 heterocycles. The van der Waals surface area contributed by atoms with E-state index in [-0.39, 0.29) is 11.8 Å². The summed E-state index contributed by atoms with van der Waals surface area (Å²) in [6, 6.07) is 15.0. The fourth-order valence-corrected chi connectivity index (χ4v) is 3.85. The van der Waals surface area contributed by atoms with E-state index in [1.807, 2.05) is 36.4 Å². The molecule has 0 radical (unpaired) electrons. The zero-order valence-electron chi connectivity index (χ0n) is 15.6. The van der Waals surface area contributed by atoms with Gasteiger partial charge < -0.3 is 9.84 Å². The second-order valence-electron chi connectivity index (χ2n) is 7.07. The second kappa shape index (κ2) is 9.07. The van der Waals surface area contributed by atoms with Gasteiger partial charge >= 0.3 is 0 Å². The van der Waals surface area contributed by atoms with E-state index in [0.717, 1.165) is 41.7 Å². The van der Waals surface area contributed by atoms with Gasteiger partial charge in [0.1, 0.15) is 0 Å². The van der Waals surface area contributed by atoms with Gasteiger partial charge in [-0.1, -0.05) is 38.8 Å². The van der Waals surface area contributed by atoms with E-state index in [1.54, 1.807) is 12.1 Å². The van der Waals surface area contributed by atoms with Gasteiger partial charge in [-0.25, -0.2) is 0 Å². The average Bonchev–Trinajstić information content (AvgIpc) is 3.17. The number of rotatable bonds is 5. The van der Waals surface area contributed by atoms with Crippen molar-refractivity contribution in [2.75, 3.05) is 18.4 Å². The summed E-state index contributed by atoms with van der Waals surface area (Å²) in [6.07, 6.45) is 1.58. The molecule has 6 nitrogen and oxygen atoms in total. The van der Waals surface area contributed by atoms with Gasteiger partial charge in [-0.3, -0.25) is 9.69 Å². The summed E-state index contributed by atoms with van der Waals surface area (Å²) in [5.41, 5.74) is 1.65. The Labute approximate surface area is 182 Å². The normalized spacial score (nSPS) is 15.4. The summed E-state index contributed by atoms with van der Waals surface area (Å²) in [5.74, 6) is 1.21. The maximum atomic E-state index is 12.5. The van der Waals surface area contributed by atoms with E-state index >= 15 is 0 Å². The first-order valence-corrected chi connectivity index (χ1v) is 10.6. The number of halogens is 2. The summed E-state index contributed by atoms with van der Waals surface area (Å²) in [5, 5.41) is 7.64. The Morgan fingerprint density at radius 1 is 1.21 bits per heavy atom. The molecule has 150 valence electrons. The Kier molecular flexibility index (Phi) is 6.28. The molecule has 0 spiro atoms. The lowest BCUT2D eigenvalue weighted by molar-refractivity contribution is -0.121. The van der Waals surface area contributed by atoms with Crippen molar-refractivity contribution in [3.8, 4) is 11.4 Å². The summed E-state index contributed by atoms with van der Waals surface area (Å²) in [4.78, 5) is 19.2. The Morgan fingerprint density at radius 3 is 2.69 bits per heavy atom. The van der Waals surface area contributed by atoms with Gasteiger partial charge in [0.2, 0.25) is 17.6 Å². The number of hydrogen-bond acceptors (Lipinski definition) is 5. The number of carbonyl (C=O) groups is 1. The highest BCUT2D eigenvalue weighted by Crippen LogP contribution is 2.23. The highest BCUT2D eigenvalue weighted by atomic mass is 79.9. The monoisotopic (exact) mass is 474 g/mol. The van der Waals surface area contributed by atoms with Crippen molar-refractivity contribution in [2.45, 2.75) is 19.4 Å². The molecule has 1 aliphatic rings. The lowest BCUT2D eigenvalue weighted by Gasteiger charge is -2.30. The Balaban J connectivity index is 1.29. The van der Waals surface area contributed by atoms with E-state index in [4.69, 9.17) is 16.1 Å². The van der Waals surface area contributed by atoms with Crippen LogP contribution in [0.5, 0.6) is 0 Å². The average molecular weight is 476 g/mol. The Morgan fingerprint density at radius 2 is 1.97 bits per heavy atom. The largest absolute Gasteiger partial charge is 0.338 e. The van der Waals surface area contributed by atoms with Crippen LogP contribution in [0.25, 0.3) is 11.4 Å². The van der Waals surface area contributed by atoms with Crippen LogP contribution in [-0.2, 0) is 11.3 Å². The molecule has 2 aromatic carbocycles. The lowest BCUT2D eigenvalue weighted by atomic mass is 9.96. The standard InChI is InChI=1S/C21H20BrClN4O2/c22-16-6-4-14(5-7-16)20-25-19(29-26-20)13-27-10-8-15(9-11-27)21(28)24-18-3-1-2-17(23)12-18/h1-7,12,15H,8-11,13H2,(H,24,28). The summed E-state index contributed by atoms with van der Waals surface area (Å²) in [6.45, 7) is 2.21. The van der Waals surface area contributed by atoms with Crippen LogP contribution in [0.15, 0.2) is 57.5 Å². The van der Waals surface area contributed by atoms with Gasteiger partial charge in [0.05, 0.1) is 6.54 Å². The minimum Gasteiger partial charge on any atom is -0.338 e. The van der Waals surface area contributed by atoms with Crippen LogP contribution in [0.1, 0.15) is 18.7 Å². The molecular weight excluding hydrogens is 456 g/mol. The predicted octanol–water partition coefficient (Wildman–Crippen LogP) is 5.00. The Hall–Kier alpha value is -2.22. The minimum absolute atomic E-state index is 0.00811. The highest BCUT2D eigenvalue weighted by molar-refractivity contribution is 9.10. The van der Waals surface area contributed by atoms with Gasteiger partial charge in [-0.05, 0) is 68.4 Å². The molecule has 4 rings (SSSR count). The van der Waals surface area contributed by atoms with Gasteiger partial charge in [-0.2, -0.15) is 4.98 Å². The minimum atomic E-state index is -0.00811.